The molecule has 0 saturated heterocycles. The van der Waals surface area contributed by atoms with Gasteiger partial charge in [0.1, 0.15) is 12.2 Å². The number of halogens is 3. The molecule has 27 heavy (non-hydrogen) atoms. The van der Waals surface area contributed by atoms with Crippen LogP contribution in [0.1, 0.15) is 42.0 Å². The predicted molar refractivity (Wildman–Crippen MR) is 122 cm³/mol. The van der Waals surface area contributed by atoms with E-state index in [1.807, 2.05) is 12.1 Å². The van der Waals surface area contributed by atoms with Gasteiger partial charge in [0.05, 0.1) is 7.11 Å². The molecule has 0 spiro atoms. The summed E-state index contributed by atoms with van der Waals surface area (Å²) in [6, 6.07) is 9.56. The Bertz CT molecular complexity index is 881. The molecular weight excluding hydrogens is 517 g/mol. The molecule has 0 fully saturated rings. The standard InChI is InChI=1S/C20H18Cl2IO3P/c1-12(2)15-8-13(4-6-19(15)26-27-23)9-16-17(21)10-14(11-18(16)22)5-7-20(24)25-3/h4,6,8,10-12,27H,9H2,1-3H3. The molecule has 1 atom stereocenters. The molecule has 2 aromatic rings. The average Bonchev–Trinajstić information content (AvgIpc) is 2.63. The zero-order valence-electron chi connectivity index (χ0n) is 15.0. The van der Waals surface area contributed by atoms with E-state index >= 15 is 0 Å². The van der Waals surface area contributed by atoms with Gasteiger partial charge in [-0.05, 0) is 62.8 Å². The molecule has 0 aliphatic carbocycles. The van der Waals surface area contributed by atoms with E-state index in [0.29, 0.717) is 34.4 Å². The smallest absolute Gasteiger partial charge is 0.384 e. The van der Waals surface area contributed by atoms with Crippen molar-refractivity contribution in [2.75, 3.05) is 7.11 Å². The Morgan fingerprint density at radius 3 is 2.44 bits per heavy atom. The van der Waals surface area contributed by atoms with Gasteiger partial charge < -0.3 is 9.26 Å². The van der Waals surface area contributed by atoms with Crippen molar-refractivity contribution in [1.29, 1.82) is 0 Å². The SMILES string of the molecule is COC(=O)C#Cc1cc(Cl)c(Cc2ccc(OPI)c(C(C)C)c2)c(Cl)c1. The van der Waals surface area contributed by atoms with Crippen LogP contribution in [0.3, 0.4) is 0 Å². The van der Waals surface area contributed by atoms with Crippen LogP contribution in [0.4, 0.5) is 0 Å². The summed E-state index contributed by atoms with van der Waals surface area (Å²) in [4.78, 5) is 11.2. The van der Waals surface area contributed by atoms with Crippen molar-refractivity contribution in [3.8, 4) is 17.6 Å². The Kier molecular flexibility index (Phi) is 8.69. The van der Waals surface area contributed by atoms with Gasteiger partial charge in [0.25, 0.3) is 0 Å². The summed E-state index contributed by atoms with van der Waals surface area (Å²) >= 11 is 15.1. The average molecular weight is 535 g/mol. The summed E-state index contributed by atoms with van der Waals surface area (Å²) in [6.45, 7) is 4.64. The number of carbonyl (C=O) groups is 1. The summed E-state index contributed by atoms with van der Waals surface area (Å²) < 4.78 is 10.2. The molecule has 1 unspecified atom stereocenters. The van der Waals surface area contributed by atoms with Crippen LogP contribution < -0.4 is 4.52 Å². The number of carbonyl (C=O) groups excluding carboxylic acids is 1. The molecule has 0 radical (unpaired) electrons. The molecule has 0 heterocycles. The van der Waals surface area contributed by atoms with E-state index in [1.54, 1.807) is 12.1 Å². The second-order valence-corrected chi connectivity index (χ2v) is 8.54. The van der Waals surface area contributed by atoms with Crippen molar-refractivity contribution in [3.05, 3.63) is 62.6 Å². The molecule has 0 aliphatic rings. The third-order valence-electron chi connectivity index (χ3n) is 3.86. The molecule has 142 valence electrons. The van der Waals surface area contributed by atoms with E-state index in [0.717, 1.165) is 22.4 Å². The Balaban J connectivity index is 2.33. The van der Waals surface area contributed by atoms with E-state index in [9.17, 15) is 4.79 Å². The van der Waals surface area contributed by atoms with Gasteiger partial charge in [-0.3, -0.25) is 0 Å². The van der Waals surface area contributed by atoms with Gasteiger partial charge in [0, 0.05) is 27.9 Å². The first-order chi connectivity index (χ1) is 12.8. The summed E-state index contributed by atoms with van der Waals surface area (Å²) in [6.07, 6.45) is 0.592. The van der Waals surface area contributed by atoms with E-state index in [4.69, 9.17) is 27.7 Å². The van der Waals surface area contributed by atoms with Gasteiger partial charge >= 0.3 is 5.97 Å². The normalized spacial score (nSPS) is 10.8. The van der Waals surface area contributed by atoms with Crippen LogP contribution in [0.2, 0.25) is 10.0 Å². The first-order valence-electron chi connectivity index (χ1n) is 8.08. The highest BCUT2D eigenvalue weighted by atomic mass is 127. The molecule has 2 rings (SSSR count). The zero-order valence-corrected chi connectivity index (χ0v) is 19.7. The second kappa shape index (κ2) is 10.5. The fraction of sp³-hybridized carbons (Fsp3) is 0.250. The molecule has 0 aromatic heterocycles. The van der Waals surface area contributed by atoms with Crippen LogP contribution in [0.15, 0.2) is 30.3 Å². The lowest BCUT2D eigenvalue weighted by Crippen LogP contribution is -1.97. The lowest BCUT2D eigenvalue weighted by atomic mass is 9.96. The highest BCUT2D eigenvalue weighted by Gasteiger charge is 2.13. The van der Waals surface area contributed by atoms with E-state index < -0.39 is 5.97 Å². The number of esters is 1. The third kappa shape index (κ3) is 6.26. The molecule has 0 aliphatic heterocycles. The van der Waals surface area contributed by atoms with Crippen LogP contribution in [-0.4, -0.2) is 13.1 Å². The Labute approximate surface area is 184 Å². The minimum absolute atomic E-state index is 0.342. The minimum Gasteiger partial charge on any atom is -0.466 e. The van der Waals surface area contributed by atoms with Crippen LogP contribution in [0.5, 0.6) is 5.75 Å². The van der Waals surface area contributed by atoms with Gasteiger partial charge in [-0.2, -0.15) is 0 Å². The maximum atomic E-state index is 11.2. The van der Waals surface area contributed by atoms with Crippen molar-refractivity contribution in [3.63, 3.8) is 0 Å². The molecule has 0 N–H and O–H groups in total. The highest BCUT2D eigenvalue weighted by Crippen LogP contribution is 2.35. The van der Waals surface area contributed by atoms with E-state index in [1.165, 1.54) is 7.11 Å². The molecule has 0 saturated carbocycles. The number of hydrogen-bond acceptors (Lipinski definition) is 3. The molecule has 0 amide bonds. The van der Waals surface area contributed by atoms with Crippen molar-refractivity contribution in [1.82, 2.24) is 0 Å². The number of rotatable bonds is 5. The Hall–Kier alpha value is -0.990. The van der Waals surface area contributed by atoms with Crippen molar-refractivity contribution in [2.45, 2.75) is 26.2 Å². The Morgan fingerprint density at radius 1 is 1.22 bits per heavy atom. The summed E-state index contributed by atoms with van der Waals surface area (Å²) in [7, 11) is 1.28. The third-order valence-corrected chi connectivity index (χ3v) is 5.49. The van der Waals surface area contributed by atoms with Crippen molar-refractivity contribution >= 4 is 57.7 Å². The van der Waals surface area contributed by atoms with E-state index in [2.05, 4.69) is 58.5 Å². The summed E-state index contributed by atoms with van der Waals surface area (Å²) in [5, 5.41) is 1.02. The molecule has 0 bridgehead atoms. The monoisotopic (exact) mass is 534 g/mol. The van der Waals surface area contributed by atoms with Gasteiger partial charge in [-0.15, -0.1) is 0 Å². The second-order valence-electron chi connectivity index (χ2n) is 6.04. The topological polar surface area (TPSA) is 35.5 Å². The number of ether oxygens (including phenoxy) is 1. The molecule has 2 aromatic carbocycles. The number of benzene rings is 2. The molecule has 3 nitrogen and oxygen atoms in total. The zero-order chi connectivity index (χ0) is 20.0. The maximum absolute atomic E-state index is 11.2. The lowest BCUT2D eigenvalue weighted by Gasteiger charge is -2.15. The molecular formula is C20H18Cl2IO3P. The first kappa shape index (κ1) is 22.3. The fourth-order valence-corrected chi connectivity index (χ4v) is 4.12. The van der Waals surface area contributed by atoms with Crippen LogP contribution in [0, 0.1) is 11.8 Å². The summed E-state index contributed by atoms with van der Waals surface area (Å²) in [5.41, 5.74) is 3.64. The summed E-state index contributed by atoms with van der Waals surface area (Å²) in [5.74, 6) is 5.71. The molecule has 7 heteroatoms. The number of hydrogen-bond donors (Lipinski definition) is 0. The van der Waals surface area contributed by atoms with Gasteiger partial charge in [-0.1, -0.05) is 55.1 Å². The van der Waals surface area contributed by atoms with Gasteiger partial charge in [0.2, 0.25) is 0 Å². The van der Waals surface area contributed by atoms with E-state index in [-0.39, 0.29) is 0 Å². The minimum atomic E-state index is -0.609. The van der Waals surface area contributed by atoms with Gasteiger partial charge in [0.15, 0.2) is 0 Å². The first-order valence-corrected chi connectivity index (χ1v) is 12.9. The number of methoxy groups -OCH3 is 1. The predicted octanol–water partition coefficient (Wildman–Crippen LogP) is 6.55. The van der Waals surface area contributed by atoms with Crippen LogP contribution >= 0.6 is 51.7 Å². The quantitative estimate of drug-likeness (QED) is 0.189. The van der Waals surface area contributed by atoms with Crippen LogP contribution in [-0.2, 0) is 16.0 Å². The highest BCUT2D eigenvalue weighted by molar-refractivity contribution is 14.2. The van der Waals surface area contributed by atoms with Crippen molar-refractivity contribution in [2.24, 2.45) is 0 Å². The van der Waals surface area contributed by atoms with Crippen LogP contribution in [0.25, 0.3) is 0 Å². The Morgan fingerprint density at radius 2 is 1.89 bits per heavy atom. The fourth-order valence-electron chi connectivity index (χ4n) is 2.52. The largest absolute Gasteiger partial charge is 0.466 e. The van der Waals surface area contributed by atoms with Crippen molar-refractivity contribution < 1.29 is 14.1 Å². The van der Waals surface area contributed by atoms with Gasteiger partial charge in [-0.25, -0.2) is 4.79 Å². The maximum Gasteiger partial charge on any atom is 0.384 e. The lowest BCUT2D eigenvalue weighted by molar-refractivity contribution is -0.133.